The Morgan fingerprint density at radius 3 is 0.885 bits per heavy atom. The van der Waals surface area contributed by atoms with Gasteiger partial charge in [-0.25, -0.2) is 5.57 Å². The molecule has 0 saturated carbocycles. The van der Waals surface area contributed by atoms with Crippen LogP contribution < -0.4 is 15.3 Å². The van der Waals surface area contributed by atoms with E-state index < -0.39 is 16.8 Å². The molecule has 0 unspecified atom stereocenters. The van der Waals surface area contributed by atoms with Crippen LogP contribution in [-0.2, 0) is 21.7 Å². The fourth-order valence-electron chi connectivity index (χ4n) is 1.41. The van der Waals surface area contributed by atoms with E-state index in [-0.39, 0.29) is 27.1 Å². The largest absolute Gasteiger partial charge is 4.00 e. The molecule has 1 aliphatic rings. The summed E-state index contributed by atoms with van der Waals surface area (Å²) >= 11 is 0. The minimum atomic E-state index is -0.750. The molecule has 3 nitrogen and oxygen atoms in total. The first-order chi connectivity index (χ1) is 10.4. The third kappa shape index (κ3) is 35.2. The van der Waals surface area contributed by atoms with Crippen LogP contribution in [0.15, 0.2) is 16.7 Å². The zero-order chi connectivity index (χ0) is 21.4. The standard InChI is InChI=1S/C10H15.3C4H9O.Ti/c1-7-6-10(4,5)9(3)8(7)2;3*1-4(2,3)5;/h1-5H3;3*1-3H3;/q4*-1;+4. The minimum absolute atomic E-state index is 0. The summed E-state index contributed by atoms with van der Waals surface area (Å²) in [6, 6.07) is 0. The Hall–Kier alpha value is 0.0743. The summed E-state index contributed by atoms with van der Waals surface area (Å²) in [4.78, 5) is 0. The Bertz CT molecular complexity index is 393. The summed E-state index contributed by atoms with van der Waals surface area (Å²) in [6.45, 7) is 25.6. The maximum Gasteiger partial charge on any atom is 4.00 e. The summed E-state index contributed by atoms with van der Waals surface area (Å²) in [5, 5.41) is 30.3. The predicted molar refractivity (Wildman–Crippen MR) is 104 cm³/mol. The Balaban J connectivity index is -0.000000132. The topological polar surface area (TPSA) is 69.2 Å². The van der Waals surface area contributed by atoms with Gasteiger partial charge in [0.2, 0.25) is 0 Å². The molecule has 0 aromatic rings. The van der Waals surface area contributed by atoms with Crippen molar-refractivity contribution >= 4 is 0 Å². The molecule has 0 saturated heterocycles. The second kappa shape index (κ2) is 12.5. The van der Waals surface area contributed by atoms with Crippen LogP contribution in [0.3, 0.4) is 0 Å². The van der Waals surface area contributed by atoms with Crippen LogP contribution >= 0.6 is 0 Å². The molecule has 0 radical (unpaired) electrons. The van der Waals surface area contributed by atoms with Crippen molar-refractivity contribution in [1.29, 1.82) is 0 Å². The van der Waals surface area contributed by atoms with Crippen LogP contribution in [0.5, 0.6) is 0 Å². The van der Waals surface area contributed by atoms with Crippen molar-refractivity contribution in [3.8, 4) is 0 Å². The van der Waals surface area contributed by atoms with E-state index in [1.807, 2.05) is 0 Å². The smallest absolute Gasteiger partial charge is 0.850 e. The Labute approximate surface area is 178 Å². The summed E-state index contributed by atoms with van der Waals surface area (Å²) < 4.78 is 0. The molecule has 0 aromatic carbocycles. The first-order valence-corrected chi connectivity index (χ1v) is 8.86. The molecule has 26 heavy (non-hydrogen) atoms. The van der Waals surface area contributed by atoms with Crippen molar-refractivity contribution < 1.29 is 37.0 Å². The van der Waals surface area contributed by atoms with Gasteiger partial charge in [0, 0.05) is 0 Å². The molecule has 0 aliphatic heterocycles. The molecular formula is C22H42O3Ti. The van der Waals surface area contributed by atoms with Gasteiger partial charge in [0.15, 0.2) is 0 Å². The van der Waals surface area contributed by atoms with E-state index in [1.54, 1.807) is 62.3 Å². The monoisotopic (exact) mass is 402 g/mol. The van der Waals surface area contributed by atoms with E-state index in [9.17, 15) is 15.3 Å². The van der Waals surface area contributed by atoms with Gasteiger partial charge in [-0.15, -0.1) is 23.7 Å². The van der Waals surface area contributed by atoms with Gasteiger partial charge in [-0.2, -0.15) is 11.1 Å². The van der Waals surface area contributed by atoms with E-state index in [4.69, 9.17) is 0 Å². The molecule has 1 aliphatic carbocycles. The second-order valence-electron chi connectivity index (χ2n) is 9.96. The van der Waals surface area contributed by atoms with Gasteiger partial charge in [-0.1, -0.05) is 95.4 Å². The van der Waals surface area contributed by atoms with Crippen molar-refractivity contribution in [1.82, 2.24) is 0 Å². The fourth-order valence-corrected chi connectivity index (χ4v) is 1.41. The molecule has 4 heteroatoms. The molecule has 0 amide bonds. The van der Waals surface area contributed by atoms with Crippen molar-refractivity contribution in [3.05, 3.63) is 22.8 Å². The average Bonchev–Trinajstić information content (AvgIpc) is 2.34. The van der Waals surface area contributed by atoms with E-state index in [1.165, 1.54) is 16.7 Å². The molecule has 152 valence electrons. The number of rotatable bonds is 0. The molecule has 0 bridgehead atoms. The van der Waals surface area contributed by atoms with Crippen LogP contribution in [0.2, 0.25) is 0 Å². The maximum absolute atomic E-state index is 10.1. The van der Waals surface area contributed by atoms with E-state index in [0.717, 1.165) is 0 Å². The summed E-state index contributed by atoms with van der Waals surface area (Å²) in [6.07, 6.45) is 3.44. The third-order valence-electron chi connectivity index (χ3n) is 2.56. The minimum Gasteiger partial charge on any atom is -0.850 e. The normalized spacial score (nSPS) is 16.0. The first kappa shape index (κ1) is 33.6. The third-order valence-corrected chi connectivity index (χ3v) is 2.56. The van der Waals surface area contributed by atoms with Crippen LogP contribution in [-0.4, -0.2) is 16.8 Å². The molecular weight excluding hydrogens is 360 g/mol. The first-order valence-electron chi connectivity index (χ1n) is 8.86. The molecule has 0 heterocycles. The van der Waals surface area contributed by atoms with Crippen molar-refractivity contribution in [2.24, 2.45) is 5.41 Å². The quantitative estimate of drug-likeness (QED) is 0.460. The van der Waals surface area contributed by atoms with Crippen LogP contribution in [0.25, 0.3) is 0 Å². The molecule has 0 atom stereocenters. The number of hydrogen-bond acceptors (Lipinski definition) is 3. The van der Waals surface area contributed by atoms with Crippen molar-refractivity contribution in [2.45, 2.75) is 114 Å². The number of hydrogen-bond donors (Lipinski definition) is 0. The second-order valence-corrected chi connectivity index (χ2v) is 9.96. The summed E-state index contributed by atoms with van der Waals surface area (Å²) in [5.41, 5.74) is 2.14. The summed E-state index contributed by atoms with van der Waals surface area (Å²) in [5.74, 6) is 0. The van der Waals surface area contributed by atoms with Gasteiger partial charge in [-0.05, 0) is 0 Å². The van der Waals surface area contributed by atoms with Crippen LogP contribution in [0.4, 0.5) is 0 Å². The molecule has 0 spiro atoms. The van der Waals surface area contributed by atoms with Gasteiger partial charge < -0.3 is 15.3 Å². The zero-order valence-electron chi connectivity index (χ0n) is 19.7. The molecule has 1 rings (SSSR count). The SMILES string of the molecule is CC(C)(C)[O-].CC(C)(C)[O-].CC(C)(C)[O-].CC1=[C-]C(C)(C)C(C)=C1C.[Ti+4]. The van der Waals surface area contributed by atoms with Crippen LogP contribution in [0, 0.1) is 11.5 Å². The van der Waals surface area contributed by atoms with Gasteiger partial charge in [-0.3, -0.25) is 6.08 Å². The molecule has 0 aromatic heterocycles. The zero-order valence-corrected chi connectivity index (χ0v) is 21.3. The van der Waals surface area contributed by atoms with Gasteiger partial charge in [0.25, 0.3) is 0 Å². The van der Waals surface area contributed by atoms with E-state index in [0.29, 0.717) is 0 Å². The van der Waals surface area contributed by atoms with Gasteiger partial charge in [0.05, 0.1) is 0 Å². The fraction of sp³-hybridized carbons (Fsp3) is 0.818. The maximum atomic E-state index is 10.1. The van der Waals surface area contributed by atoms with Gasteiger partial charge in [0.1, 0.15) is 0 Å². The Morgan fingerprint density at radius 1 is 0.654 bits per heavy atom. The Morgan fingerprint density at radius 2 is 0.846 bits per heavy atom. The number of allylic oxidation sites excluding steroid dienone is 4. The van der Waals surface area contributed by atoms with Crippen LogP contribution in [0.1, 0.15) is 96.9 Å². The molecule has 0 fully saturated rings. The predicted octanol–water partition coefficient (Wildman–Crippen LogP) is 3.55. The van der Waals surface area contributed by atoms with Crippen molar-refractivity contribution in [2.75, 3.05) is 0 Å². The molecule has 0 N–H and O–H groups in total. The van der Waals surface area contributed by atoms with E-state index >= 15 is 0 Å². The van der Waals surface area contributed by atoms with Crippen molar-refractivity contribution in [3.63, 3.8) is 0 Å². The summed E-state index contributed by atoms with van der Waals surface area (Å²) in [7, 11) is 0. The Kier molecular flexibility index (Phi) is 16.2. The van der Waals surface area contributed by atoms with Gasteiger partial charge >= 0.3 is 21.7 Å². The van der Waals surface area contributed by atoms with E-state index in [2.05, 4.69) is 40.7 Å². The average molecular weight is 402 g/mol.